The summed E-state index contributed by atoms with van der Waals surface area (Å²) >= 11 is 6.06. The minimum absolute atomic E-state index is 0.0000283. The van der Waals surface area contributed by atoms with Crippen LogP contribution in [0.3, 0.4) is 0 Å². The number of benzene rings is 3. The van der Waals surface area contributed by atoms with Crippen molar-refractivity contribution >= 4 is 46.0 Å². The number of amides is 3. The van der Waals surface area contributed by atoms with E-state index in [2.05, 4.69) is 15.0 Å². The summed E-state index contributed by atoms with van der Waals surface area (Å²) in [6.45, 7) is 3.03. The number of nitrogens with zero attached hydrogens (tertiary/aromatic N) is 3. The lowest BCUT2D eigenvalue weighted by Crippen LogP contribution is -2.56. The zero-order valence-electron chi connectivity index (χ0n) is 26.9. The Kier molecular flexibility index (Phi) is 10.3. The van der Waals surface area contributed by atoms with Gasteiger partial charge in [0.25, 0.3) is 11.8 Å². The molecular weight excluding hydrogens is 677 g/mol. The van der Waals surface area contributed by atoms with Gasteiger partial charge in [0.1, 0.15) is 17.4 Å². The Labute approximate surface area is 290 Å². The van der Waals surface area contributed by atoms with Crippen molar-refractivity contribution in [2.24, 2.45) is 0 Å². The average Bonchev–Trinajstić information content (AvgIpc) is 3.11. The molecule has 50 heavy (non-hydrogen) atoms. The summed E-state index contributed by atoms with van der Waals surface area (Å²) in [4.78, 5) is 59.3. The topological polar surface area (TPSA) is 112 Å². The molecule has 3 aromatic carbocycles. The second-order valence-electron chi connectivity index (χ2n) is 12.2. The quantitative estimate of drug-likeness (QED) is 0.251. The van der Waals surface area contributed by atoms with Gasteiger partial charge in [0.05, 0.1) is 10.9 Å². The highest BCUT2D eigenvalue weighted by Gasteiger charge is 2.33. The van der Waals surface area contributed by atoms with Crippen molar-refractivity contribution in [3.8, 4) is 5.75 Å². The number of piperazine rings is 1. The maximum absolute atomic E-state index is 14.0. The number of likely N-dealkylation sites (tertiary alicyclic amines) is 1. The number of para-hydroxylation sites is 1. The van der Waals surface area contributed by atoms with Crippen molar-refractivity contribution in [3.05, 3.63) is 105 Å². The van der Waals surface area contributed by atoms with Crippen molar-refractivity contribution < 1.29 is 36.7 Å². The Hall–Kier alpha value is -5.04. The maximum atomic E-state index is 14.0. The number of carbonyl (C=O) groups excluding carboxylic acids is 3. The van der Waals surface area contributed by atoms with Crippen LogP contribution in [0.5, 0.6) is 5.75 Å². The van der Waals surface area contributed by atoms with Gasteiger partial charge >= 0.3 is 6.36 Å². The van der Waals surface area contributed by atoms with Gasteiger partial charge in [-0.25, -0.2) is 0 Å². The number of piperidine rings is 1. The van der Waals surface area contributed by atoms with E-state index in [1.165, 1.54) is 0 Å². The minimum atomic E-state index is -4.96. The summed E-state index contributed by atoms with van der Waals surface area (Å²) < 4.78 is 47.5. The number of alkyl halides is 3. The van der Waals surface area contributed by atoms with Crippen LogP contribution < -0.4 is 20.4 Å². The molecule has 262 valence electrons. The van der Waals surface area contributed by atoms with Crippen LogP contribution >= 0.6 is 11.6 Å². The van der Waals surface area contributed by atoms with E-state index in [0.717, 1.165) is 62.3 Å². The molecule has 0 saturated carbocycles. The number of anilines is 1. The van der Waals surface area contributed by atoms with E-state index in [0.29, 0.717) is 42.3 Å². The van der Waals surface area contributed by atoms with E-state index >= 15 is 0 Å². The molecule has 2 saturated heterocycles. The van der Waals surface area contributed by atoms with E-state index in [4.69, 9.17) is 16.0 Å². The first kappa shape index (κ1) is 34.8. The van der Waals surface area contributed by atoms with Gasteiger partial charge in [0, 0.05) is 62.5 Å². The van der Waals surface area contributed by atoms with Gasteiger partial charge in [0.2, 0.25) is 5.91 Å². The molecule has 2 aliphatic rings. The molecule has 4 aromatic rings. The van der Waals surface area contributed by atoms with Gasteiger partial charge in [-0.15, -0.1) is 13.2 Å². The standard InChI is InChI=1S/C36H34ClF3N4O6/c37-24-10-8-23(9-11-24)20-28(41-33(46)32-22-30(45)27-21-25(50-36(38,39)40)12-13-31(27)49-32)35(48)44-18-16-42(17-19-44)29-7-3-2-6-26(29)34(47)43-14-4-1-5-15-43/h2-3,6-13,21-22,28H,1,4-5,14-20H2,(H,41,46)/t28-/m1/s1. The van der Waals surface area contributed by atoms with Crippen molar-refractivity contribution in [1.82, 2.24) is 15.1 Å². The molecule has 1 N–H and O–H groups in total. The second-order valence-corrected chi connectivity index (χ2v) is 12.7. The smallest absolute Gasteiger partial charge is 0.451 e. The number of fused-ring (bicyclic) bond motifs is 1. The lowest BCUT2D eigenvalue weighted by atomic mass is 10.0. The minimum Gasteiger partial charge on any atom is -0.451 e. The van der Waals surface area contributed by atoms with Crippen LogP contribution in [0.15, 0.2) is 82.0 Å². The third-order valence-electron chi connectivity index (χ3n) is 8.82. The van der Waals surface area contributed by atoms with E-state index in [1.807, 2.05) is 29.2 Å². The van der Waals surface area contributed by atoms with Gasteiger partial charge in [-0.2, -0.15) is 0 Å². The fraction of sp³-hybridized carbons (Fsp3) is 0.333. The summed E-state index contributed by atoms with van der Waals surface area (Å²) in [6.07, 6.45) is -1.77. The van der Waals surface area contributed by atoms with Gasteiger partial charge in [-0.05, 0) is 67.3 Å². The van der Waals surface area contributed by atoms with Crippen LogP contribution in [-0.4, -0.2) is 79.2 Å². The highest BCUT2D eigenvalue weighted by molar-refractivity contribution is 6.30. The molecule has 0 unspecified atom stereocenters. The molecule has 3 amide bonds. The van der Waals surface area contributed by atoms with Gasteiger partial charge in [-0.1, -0.05) is 35.9 Å². The highest BCUT2D eigenvalue weighted by atomic mass is 35.5. The molecule has 14 heteroatoms. The van der Waals surface area contributed by atoms with Crippen LogP contribution in [0, 0.1) is 0 Å². The first-order chi connectivity index (χ1) is 23.9. The summed E-state index contributed by atoms with van der Waals surface area (Å²) in [6, 6.07) is 17.0. The number of ether oxygens (including phenoxy) is 1. The molecule has 0 spiro atoms. The first-order valence-corrected chi connectivity index (χ1v) is 16.6. The molecule has 6 rings (SSSR count). The lowest BCUT2D eigenvalue weighted by Gasteiger charge is -2.38. The van der Waals surface area contributed by atoms with Crippen LogP contribution in [0.2, 0.25) is 5.02 Å². The molecule has 0 radical (unpaired) electrons. The van der Waals surface area contributed by atoms with Gasteiger partial charge in [-0.3, -0.25) is 19.2 Å². The molecule has 1 aromatic heterocycles. The molecule has 10 nitrogen and oxygen atoms in total. The number of carbonyl (C=O) groups is 3. The number of hydrogen-bond acceptors (Lipinski definition) is 7. The fourth-order valence-electron chi connectivity index (χ4n) is 6.32. The number of hydrogen-bond donors (Lipinski definition) is 1. The van der Waals surface area contributed by atoms with Crippen molar-refractivity contribution in [1.29, 1.82) is 0 Å². The number of rotatable bonds is 8. The van der Waals surface area contributed by atoms with Crippen LogP contribution in [0.4, 0.5) is 18.9 Å². The SMILES string of the molecule is O=C(N[C@H](Cc1ccc(Cl)cc1)C(=O)N1CCN(c2ccccc2C(=O)N2CCCCC2)CC1)c1cc(=O)c2cc(OC(F)(F)F)ccc2o1. The average molecular weight is 711 g/mol. The summed E-state index contributed by atoms with van der Waals surface area (Å²) in [5, 5.41) is 2.98. The molecule has 0 bridgehead atoms. The Morgan fingerprint density at radius 2 is 1.56 bits per heavy atom. The van der Waals surface area contributed by atoms with Gasteiger partial charge in [0.15, 0.2) is 11.2 Å². The molecule has 3 heterocycles. The number of nitrogens with one attached hydrogen (secondary N) is 1. The molecule has 2 fully saturated rings. The number of halogens is 4. The van der Waals surface area contributed by atoms with E-state index < -0.39 is 35.2 Å². The van der Waals surface area contributed by atoms with E-state index in [9.17, 15) is 32.3 Å². The zero-order chi connectivity index (χ0) is 35.4. The van der Waals surface area contributed by atoms with Crippen molar-refractivity contribution in [2.45, 2.75) is 38.1 Å². The predicted molar refractivity (Wildman–Crippen MR) is 181 cm³/mol. The first-order valence-electron chi connectivity index (χ1n) is 16.3. The molecule has 0 aliphatic carbocycles. The molecular formula is C36H34ClF3N4O6. The Bertz CT molecular complexity index is 1940. The summed E-state index contributed by atoms with van der Waals surface area (Å²) in [7, 11) is 0. The van der Waals surface area contributed by atoms with Crippen LogP contribution in [0.25, 0.3) is 11.0 Å². The monoisotopic (exact) mass is 710 g/mol. The van der Waals surface area contributed by atoms with Crippen LogP contribution in [0.1, 0.15) is 45.7 Å². The predicted octanol–water partition coefficient (Wildman–Crippen LogP) is 5.66. The Morgan fingerprint density at radius 1 is 0.860 bits per heavy atom. The Balaban J connectivity index is 1.18. The van der Waals surface area contributed by atoms with Crippen molar-refractivity contribution in [3.63, 3.8) is 0 Å². The van der Waals surface area contributed by atoms with E-state index in [-0.39, 0.29) is 29.2 Å². The van der Waals surface area contributed by atoms with Gasteiger partial charge < -0.3 is 29.2 Å². The maximum Gasteiger partial charge on any atom is 0.573 e. The van der Waals surface area contributed by atoms with Crippen molar-refractivity contribution in [2.75, 3.05) is 44.2 Å². The largest absolute Gasteiger partial charge is 0.573 e. The normalized spacial score (nSPS) is 15.9. The third-order valence-corrected chi connectivity index (χ3v) is 9.07. The fourth-order valence-corrected chi connectivity index (χ4v) is 6.44. The zero-order valence-corrected chi connectivity index (χ0v) is 27.6. The third kappa shape index (κ3) is 8.21. The highest BCUT2D eigenvalue weighted by Crippen LogP contribution is 2.27. The lowest BCUT2D eigenvalue weighted by molar-refractivity contribution is -0.274. The molecule has 1 atom stereocenters. The summed E-state index contributed by atoms with van der Waals surface area (Å²) in [5.74, 6) is -2.24. The van der Waals surface area contributed by atoms with E-state index in [1.54, 1.807) is 29.2 Å². The second kappa shape index (κ2) is 14.8. The Morgan fingerprint density at radius 3 is 2.26 bits per heavy atom. The summed E-state index contributed by atoms with van der Waals surface area (Å²) in [5.41, 5.74) is 1.26. The van der Waals surface area contributed by atoms with Crippen LogP contribution in [-0.2, 0) is 11.2 Å². The molecule has 2 aliphatic heterocycles.